The van der Waals surface area contributed by atoms with E-state index in [1.54, 1.807) is 31.6 Å². The number of ketones is 1. The zero-order valence-corrected chi connectivity index (χ0v) is 25.6. The number of carbonyl (C=O) groups is 1. The van der Waals surface area contributed by atoms with Gasteiger partial charge in [-0.3, -0.25) is 9.78 Å². The number of nitrogens with zero attached hydrogens (tertiary/aromatic N) is 2. The quantitative estimate of drug-likeness (QED) is 0.182. The maximum Gasteiger partial charge on any atom is 0.164 e. The van der Waals surface area contributed by atoms with Gasteiger partial charge in [0.2, 0.25) is 0 Å². The van der Waals surface area contributed by atoms with E-state index in [0.717, 1.165) is 22.3 Å². The molecular weight excluding hydrogens is 480 g/mol. The van der Waals surface area contributed by atoms with Gasteiger partial charge >= 0.3 is 0 Å². The molecule has 0 fully saturated rings. The Labute approximate surface area is 236 Å². The summed E-state index contributed by atoms with van der Waals surface area (Å²) < 4.78 is 5.61. The number of methoxy groups -OCH3 is 1. The van der Waals surface area contributed by atoms with E-state index in [4.69, 9.17) is 9.72 Å². The zero-order valence-electron chi connectivity index (χ0n) is 25.6. The van der Waals surface area contributed by atoms with Crippen LogP contribution in [0.15, 0.2) is 78.7 Å². The van der Waals surface area contributed by atoms with Crippen LogP contribution in [-0.4, -0.2) is 22.9 Å². The molecule has 0 saturated carbocycles. The first-order valence-electron chi connectivity index (χ1n) is 13.8. The average Bonchev–Trinajstić information content (AvgIpc) is 2.99. The number of ether oxygens (including phenoxy) is 1. The van der Waals surface area contributed by atoms with Gasteiger partial charge in [0.25, 0.3) is 0 Å². The highest BCUT2D eigenvalue weighted by Gasteiger charge is 2.20. The van der Waals surface area contributed by atoms with Crippen molar-refractivity contribution in [2.24, 2.45) is 0 Å². The summed E-state index contributed by atoms with van der Waals surface area (Å²) in [6.45, 7) is 21.6. The molecule has 0 N–H and O–H groups in total. The molecule has 0 unspecified atom stereocenters. The Bertz CT molecular complexity index is 1300. The highest BCUT2D eigenvalue weighted by molar-refractivity contribution is 6.10. The summed E-state index contributed by atoms with van der Waals surface area (Å²) in [5.41, 5.74) is 5.58. The number of allylic oxidation sites excluding steroid dienone is 5. The molecule has 2 aromatic heterocycles. The number of hydrogen-bond donors (Lipinski definition) is 0. The maximum atomic E-state index is 12.4. The fourth-order valence-corrected chi connectivity index (χ4v) is 3.08. The molecular formula is C35H46N2O2. The number of rotatable bonds is 6. The number of pyridine rings is 2. The highest BCUT2D eigenvalue weighted by Crippen LogP contribution is 2.36. The minimum Gasteiger partial charge on any atom is -0.494 e. The number of benzene rings is 1. The minimum absolute atomic E-state index is 0.0935. The molecule has 3 aromatic rings. The summed E-state index contributed by atoms with van der Waals surface area (Å²) >= 11 is 0. The van der Waals surface area contributed by atoms with E-state index >= 15 is 0 Å². The Morgan fingerprint density at radius 2 is 1.59 bits per heavy atom. The standard InChI is InChI=1S/C27H24N2O2.C4H10.2C2H6/c1-6-18(2)7-8-19(3)9-10-21-11-13-22(14-12-21)26-27(31-5)25(20(4)30)23-17-28-16-15-24(23)29-26;1-3-4-2;2*1-2/h6-8,11-17H,1H2,2-5H3;3-4H2,1-2H3;2*1-2H3/b18-7-,19-8+;;;. The van der Waals surface area contributed by atoms with Crippen molar-refractivity contribution < 1.29 is 9.53 Å². The minimum atomic E-state index is -0.0935. The van der Waals surface area contributed by atoms with E-state index < -0.39 is 0 Å². The van der Waals surface area contributed by atoms with Gasteiger partial charge in [-0.25, -0.2) is 4.98 Å². The van der Waals surface area contributed by atoms with Crippen molar-refractivity contribution >= 4 is 16.7 Å². The van der Waals surface area contributed by atoms with Gasteiger partial charge in [-0.2, -0.15) is 0 Å². The molecule has 4 heteroatoms. The Balaban J connectivity index is 0.00000162. The molecule has 3 rings (SSSR count). The zero-order chi connectivity index (χ0) is 29.8. The molecule has 39 heavy (non-hydrogen) atoms. The molecule has 0 radical (unpaired) electrons. The molecule has 0 bridgehead atoms. The van der Waals surface area contributed by atoms with Crippen LogP contribution in [-0.2, 0) is 0 Å². The van der Waals surface area contributed by atoms with Crippen molar-refractivity contribution in [1.29, 1.82) is 0 Å². The topological polar surface area (TPSA) is 52.1 Å². The summed E-state index contributed by atoms with van der Waals surface area (Å²) in [5, 5.41) is 0.682. The molecule has 208 valence electrons. The molecule has 2 heterocycles. The number of carbonyl (C=O) groups excluding carboxylic acids is 1. The number of unbranched alkanes of at least 4 members (excludes halogenated alkanes) is 1. The van der Waals surface area contributed by atoms with Crippen LogP contribution < -0.4 is 4.74 Å². The molecule has 0 aliphatic carbocycles. The van der Waals surface area contributed by atoms with Gasteiger partial charge in [-0.15, -0.1) is 0 Å². The van der Waals surface area contributed by atoms with E-state index in [1.807, 2.05) is 78.0 Å². The Hall–Kier alpha value is -3.97. The Kier molecular flexibility index (Phi) is 18.0. The van der Waals surface area contributed by atoms with Crippen molar-refractivity contribution in [1.82, 2.24) is 9.97 Å². The Morgan fingerprint density at radius 3 is 2.10 bits per heavy atom. The number of aromatic nitrogens is 2. The van der Waals surface area contributed by atoms with Crippen molar-refractivity contribution in [3.8, 4) is 28.8 Å². The fourth-order valence-electron chi connectivity index (χ4n) is 3.08. The molecule has 0 spiro atoms. The number of hydrogen-bond acceptors (Lipinski definition) is 4. The first kappa shape index (κ1) is 35.0. The van der Waals surface area contributed by atoms with E-state index in [1.165, 1.54) is 19.8 Å². The van der Waals surface area contributed by atoms with Gasteiger partial charge in [0.05, 0.1) is 18.2 Å². The normalized spacial score (nSPS) is 10.3. The molecule has 0 saturated heterocycles. The molecule has 0 atom stereocenters. The monoisotopic (exact) mass is 526 g/mol. The first-order chi connectivity index (χ1) is 18.9. The van der Waals surface area contributed by atoms with Gasteiger partial charge in [0, 0.05) is 28.9 Å². The van der Waals surface area contributed by atoms with Crippen molar-refractivity contribution in [2.45, 2.75) is 75.2 Å². The van der Waals surface area contributed by atoms with Crippen molar-refractivity contribution in [2.75, 3.05) is 7.11 Å². The number of Topliss-reactive ketones (excluding diaryl/α,β-unsaturated/α-hetero) is 1. The fraction of sp³-hybridized carbons (Fsp3) is 0.343. The maximum absolute atomic E-state index is 12.4. The van der Waals surface area contributed by atoms with Crippen LogP contribution in [0.4, 0.5) is 0 Å². The van der Waals surface area contributed by atoms with Crippen LogP contribution in [0.25, 0.3) is 22.2 Å². The summed E-state index contributed by atoms with van der Waals surface area (Å²) in [6, 6.07) is 9.54. The lowest BCUT2D eigenvalue weighted by molar-refractivity contribution is 0.101. The summed E-state index contributed by atoms with van der Waals surface area (Å²) in [5.74, 6) is 6.67. The van der Waals surface area contributed by atoms with E-state index in [-0.39, 0.29) is 5.78 Å². The molecule has 0 amide bonds. The summed E-state index contributed by atoms with van der Waals surface area (Å²) in [4.78, 5) is 21.2. The third-order valence-electron chi connectivity index (χ3n) is 5.28. The van der Waals surface area contributed by atoms with Gasteiger partial charge in [0.15, 0.2) is 11.5 Å². The van der Waals surface area contributed by atoms with Crippen LogP contribution in [0.5, 0.6) is 5.75 Å². The van der Waals surface area contributed by atoms with Gasteiger partial charge < -0.3 is 4.74 Å². The molecule has 4 nitrogen and oxygen atoms in total. The van der Waals surface area contributed by atoms with Crippen LogP contribution in [0.3, 0.4) is 0 Å². The highest BCUT2D eigenvalue weighted by atomic mass is 16.5. The third-order valence-corrected chi connectivity index (χ3v) is 5.28. The van der Waals surface area contributed by atoms with Crippen molar-refractivity contribution in [3.05, 3.63) is 89.8 Å². The second-order valence-electron chi connectivity index (χ2n) is 8.11. The van der Waals surface area contributed by atoms with Gasteiger partial charge in [-0.1, -0.05) is 109 Å². The SMILES string of the molecule is C=C/C(C)=C\C=C(/C)C#Cc1ccc(-c2nc3ccncc3c(C(C)=O)c2OC)cc1.CC.CC.CCCC. The summed E-state index contributed by atoms with van der Waals surface area (Å²) in [6.07, 6.45) is 11.7. The number of fused-ring (bicyclic) bond motifs is 1. The van der Waals surface area contributed by atoms with E-state index in [0.29, 0.717) is 27.9 Å². The molecule has 0 aliphatic heterocycles. The first-order valence-corrected chi connectivity index (χ1v) is 13.8. The van der Waals surface area contributed by atoms with E-state index in [2.05, 4.69) is 37.3 Å². The van der Waals surface area contributed by atoms with Crippen LogP contribution >= 0.6 is 0 Å². The molecule has 0 aliphatic rings. The van der Waals surface area contributed by atoms with Crippen LogP contribution in [0.2, 0.25) is 0 Å². The lowest BCUT2D eigenvalue weighted by Gasteiger charge is -2.14. The van der Waals surface area contributed by atoms with Gasteiger partial charge in [0.1, 0.15) is 5.69 Å². The lowest BCUT2D eigenvalue weighted by atomic mass is 10.0. The van der Waals surface area contributed by atoms with Crippen LogP contribution in [0.1, 0.15) is 91.1 Å². The van der Waals surface area contributed by atoms with Gasteiger partial charge in [-0.05, 0) is 44.5 Å². The van der Waals surface area contributed by atoms with E-state index in [9.17, 15) is 4.79 Å². The smallest absolute Gasteiger partial charge is 0.164 e. The molecule has 1 aromatic carbocycles. The van der Waals surface area contributed by atoms with Crippen LogP contribution in [0, 0.1) is 11.8 Å². The summed E-state index contributed by atoms with van der Waals surface area (Å²) in [7, 11) is 1.55. The average molecular weight is 527 g/mol. The van der Waals surface area contributed by atoms with Crippen molar-refractivity contribution in [3.63, 3.8) is 0 Å². The third kappa shape index (κ3) is 11.1. The second kappa shape index (κ2) is 20.1. The largest absolute Gasteiger partial charge is 0.494 e. The predicted molar refractivity (Wildman–Crippen MR) is 169 cm³/mol. The Morgan fingerprint density at radius 1 is 0.974 bits per heavy atom. The lowest BCUT2D eigenvalue weighted by Crippen LogP contribution is -2.03. The second-order valence-corrected chi connectivity index (χ2v) is 8.11. The predicted octanol–water partition coefficient (Wildman–Crippen LogP) is 9.80.